The van der Waals surface area contributed by atoms with Gasteiger partial charge >= 0.3 is 7.12 Å². The smallest absolute Gasteiger partial charge is 0.399 e. The Balaban J connectivity index is 2.29. The summed E-state index contributed by atoms with van der Waals surface area (Å²) in [5.74, 6) is -0.238. The van der Waals surface area contributed by atoms with Gasteiger partial charge < -0.3 is 9.31 Å². The van der Waals surface area contributed by atoms with Crippen molar-refractivity contribution in [2.24, 2.45) is 0 Å². The van der Waals surface area contributed by atoms with Crippen LogP contribution in [0.1, 0.15) is 27.7 Å². The van der Waals surface area contributed by atoms with Crippen LogP contribution in [0.15, 0.2) is 18.2 Å². The lowest BCUT2D eigenvalue weighted by molar-refractivity contribution is 0.00578. The van der Waals surface area contributed by atoms with Crippen LogP contribution in [0.5, 0.6) is 0 Å². The van der Waals surface area contributed by atoms with Crippen LogP contribution in [-0.2, 0) is 9.31 Å². The molecule has 1 fully saturated rings. The maximum absolute atomic E-state index is 13.5. The van der Waals surface area contributed by atoms with Crippen LogP contribution in [0, 0.1) is 9.39 Å². The monoisotopic (exact) mass is 348 g/mol. The summed E-state index contributed by atoms with van der Waals surface area (Å²) < 4.78 is 25.8. The Kier molecular flexibility index (Phi) is 3.29. The Labute approximate surface area is 115 Å². The van der Waals surface area contributed by atoms with Crippen molar-refractivity contribution < 1.29 is 13.7 Å². The van der Waals surface area contributed by atoms with Crippen LogP contribution in [0.25, 0.3) is 0 Å². The summed E-state index contributed by atoms with van der Waals surface area (Å²) in [5.41, 5.74) is -0.0598. The fraction of sp³-hybridized carbons (Fsp3) is 0.500. The summed E-state index contributed by atoms with van der Waals surface area (Å²) in [6, 6.07) is 5.05. The molecule has 92 valence electrons. The second-order valence-electron chi connectivity index (χ2n) is 5.26. The summed E-state index contributed by atoms with van der Waals surface area (Å²) >= 11 is 1.96. The van der Waals surface area contributed by atoms with Crippen LogP contribution in [0.4, 0.5) is 4.39 Å². The van der Waals surface area contributed by atoms with Gasteiger partial charge in [0, 0.05) is 3.57 Å². The fourth-order valence-electron chi connectivity index (χ4n) is 1.64. The van der Waals surface area contributed by atoms with Crippen LogP contribution in [0.2, 0.25) is 0 Å². The second kappa shape index (κ2) is 4.21. The lowest BCUT2D eigenvalue weighted by Gasteiger charge is -2.32. The molecule has 1 saturated heterocycles. The Morgan fingerprint density at radius 3 is 2.12 bits per heavy atom. The van der Waals surface area contributed by atoms with Gasteiger partial charge in [0.2, 0.25) is 0 Å². The van der Waals surface area contributed by atoms with E-state index in [0.717, 1.165) is 5.46 Å². The summed E-state index contributed by atoms with van der Waals surface area (Å²) in [5, 5.41) is 0. The molecular weight excluding hydrogens is 333 g/mol. The first-order chi connectivity index (χ1) is 7.73. The topological polar surface area (TPSA) is 18.5 Å². The lowest BCUT2D eigenvalue weighted by atomic mass is 9.79. The van der Waals surface area contributed by atoms with Gasteiger partial charge in [0.1, 0.15) is 5.82 Å². The maximum Gasteiger partial charge on any atom is 0.494 e. The standard InChI is InChI=1S/C12H15BFIO2/c1-11(2)12(3,4)17-13(16-11)8-5-6-10(15)9(14)7-8/h5-7H,1-4H3. The van der Waals surface area contributed by atoms with E-state index in [9.17, 15) is 4.39 Å². The van der Waals surface area contributed by atoms with E-state index in [0.29, 0.717) is 3.57 Å². The molecule has 1 aromatic rings. The van der Waals surface area contributed by atoms with Crippen LogP contribution in [0.3, 0.4) is 0 Å². The Bertz CT molecular complexity index is 432. The molecule has 0 N–H and O–H groups in total. The van der Waals surface area contributed by atoms with Crippen molar-refractivity contribution >= 4 is 35.2 Å². The van der Waals surface area contributed by atoms with Gasteiger partial charge in [-0.3, -0.25) is 0 Å². The minimum absolute atomic E-state index is 0.238. The van der Waals surface area contributed by atoms with Gasteiger partial charge in [0.15, 0.2) is 0 Å². The highest BCUT2D eigenvalue weighted by Gasteiger charge is 2.51. The molecule has 0 radical (unpaired) electrons. The molecule has 0 atom stereocenters. The molecule has 17 heavy (non-hydrogen) atoms. The zero-order chi connectivity index (χ0) is 12.8. The van der Waals surface area contributed by atoms with Crippen molar-refractivity contribution in [1.29, 1.82) is 0 Å². The van der Waals surface area contributed by atoms with E-state index >= 15 is 0 Å². The molecule has 1 heterocycles. The van der Waals surface area contributed by atoms with E-state index in [1.807, 2.05) is 56.4 Å². The average molecular weight is 348 g/mol. The molecule has 1 aliphatic rings. The highest BCUT2D eigenvalue weighted by atomic mass is 127. The molecule has 0 aromatic heterocycles. The van der Waals surface area contributed by atoms with E-state index in [-0.39, 0.29) is 5.82 Å². The highest BCUT2D eigenvalue weighted by molar-refractivity contribution is 14.1. The fourth-order valence-corrected chi connectivity index (χ4v) is 1.97. The van der Waals surface area contributed by atoms with E-state index in [2.05, 4.69) is 0 Å². The minimum Gasteiger partial charge on any atom is -0.399 e. The molecule has 1 aromatic carbocycles. The molecule has 0 bridgehead atoms. The van der Waals surface area contributed by atoms with Gasteiger partial charge in [-0.1, -0.05) is 6.07 Å². The largest absolute Gasteiger partial charge is 0.494 e. The zero-order valence-corrected chi connectivity index (χ0v) is 12.5. The molecule has 5 heteroatoms. The van der Waals surface area contributed by atoms with Gasteiger partial charge in [-0.15, -0.1) is 0 Å². The van der Waals surface area contributed by atoms with Gasteiger partial charge in [-0.05, 0) is 67.9 Å². The molecule has 1 aliphatic heterocycles. The first kappa shape index (κ1) is 13.3. The van der Waals surface area contributed by atoms with Crippen molar-refractivity contribution in [3.8, 4) is 0 Å². The Hall–Kier alpha value is -0.135. The molecule has 0 amide bonds. The van der Waals surface area contributed by atoms with Gasteiger partial charge in [-0.2, -0.15) is 0 Å². The number of hydrogen-bond acceptors (Lipinski definition) is 2. The summed E-state index contributed by atoms with van der Waals surface area (Å²) in [4.78, 5) is 0. The predicted molar refractivity (Wildman–Crippen MR) is 74.8 cm³/mol. The number of rotatable bonds is 1. The average Bonchev–Trinajstić information content (AvgIpc) is 2.41. The van der Waals surface area contributed by atoms with Gasteiger partial charge in [0.25, 0.3) is 0 Å². The molecule has 2 nitrogen and oxygen atoms in total. The van der Waals surface area contributed by atoms with Crippen LogP contribution < -0.4 is 5.46 Å². The van der Waals surface area contributed by atoms with Crippen molar-refractivity contribution in [1.82, 2.24) is 0 Å². The van der Waals surface area contributed by atoms with Crippen molar-refractivity contribution in [3.63, 3.8) is 0 Å². The molecule has 0 spiro atoms. The second-order valence-corrected chi connectivity index (χ2v) is 6.42. The molecular formula is C12H15BFIO2. The van der Waals surface area contributed by atoms with E-state index in [4.69, 9.17) is 9.31 Å². The molecule has 0 aliphatic carbocycles. The van der Waals surface area contributed by atoms with Crippen molar-refractivity contribution in [3.05, 3.63) is 27.6 Å². The molecule has 0 saturated carbocycles. The Morgan fingerprint density at radius 2 is 1.65 bits per heavy atom. The third-order valence-electron chi connectivity index (χ3n) is 3.47. The first-order valence-corrected chi connectivity index (χ1v) is 6.61. The van der Waals surface area contributed by atoms with E-state index in [1.165, 1.54) is 6.07 Å². The molecule has 2 rings (SSSR count). The van der Waals surface area contributed by atoms with Crippen LogP contribution >= 0.6 is 22.6 Å². The summed E-state index contributed by atoms with van der Waals surface area (Å²) in [7, 11) is -0.494. The van der Waals surface area contributed by atoms with E-state index in [1.54, 1.807) is 6.07 Å². The maximum atomic E-state index is 13.5. The summed E-state index contributed by atoms with van der Waals surface area (Å²) in [6.45, 7) is 7.93. The molecule has 0 unspecified atom stereocenters. The zero-order valence-electron chi connectivity index (χ0n) is 10.4. The van der Waals surface area contributed by atoms with Crippen LogP contribution in [-0.4, -0.2) is 18.3 Å². The SMILES string of the molecule is CC1(C)OB(c2ccc(I)c(F)c2)OC1(C)C. The number of hydrogen-bond donors (Lipinski definition) is 0. The quantitative estimate of drug-likeness (QED) is 0.574. The highest BCUT2D eigenvalue weighted by Crippen LogP contribution is 2.36. The van der Waals surface area contributed by atoms with Crippen molar-refractivity contribution in [2.75, 3.05) is 0 Å². The predicted octanol–water partition coefficient (Wildman–Crippen LogP) is 2.73. The summed E-state index contributed by atoms with van der Waals surface area (Å²) in [6.07, 6.45) is 0. The van der Waals surface area contributed by atoms with Gasteiger partial charge in [-0.25, -0.2) is 4.39 Å². The third-order valence-corrected chi connectivity index (χ3v) is 4.34. The van der Waals surface area contributed by atoms with Crippen molar-refractivity contribution in [2.45, 2.75) is 38.9 Å². The first-order valence-electron chi connectivity index (χ1n) is 5.53. The third kappa shape index (κ3) is 2.37. The number of halogens is 2. The Morgan fingerprint density at radius 1 is 1.12 bits per heavy atom. The van der Waals surface area contributed by atoms with E-state index < -0.39 is 18.3 Å². The number of benzene rings is 1. The minimum atomic E-state index is -0.494. The van der Waals surface area contributed by atoms with Gasteiger partial charge in [0.05, 0.1) is 11.2 Å². The normalized spacial score (nSPS) is 21.9. The lowest BCUT2D eigenvalue weighted by Crippen LogP contribution is -2.41.